The van der Waals surface area contributed by atoms with Gasteiger partial charge in [-0.05, 0) is 55.9 Å². The van der Waals surface area contributed by atoms with Crippen LogP contribution in [0.5, 0.6) is 11.5 Å². The number of carbonyl (C=O) groups excluding carboxylic acids is 1. The Hall–Kier alpha value is -2.60. The molecule has 0 spiro atoms. The average Bonchev–Trinajstić information content (AvgIpc) is 2.63. The van der Waals surface area contributed by atoms with E-state index in [0.29, 0.717) is 24.5 Å². The first-order valence-corrected chi connectivity index (χ1v) is 9.11. The van der Waals surface area contributed by atoms with Gasteiger partial charge in [0.25, 0.3) is 5.91 Å². The molecule has 0 aliphatic rings. The van der Waals surface area contributed by atoms with E-state index in [4.69, 9.17) is 21.7 Å². The first-order chi connectivity index (χ1) is 12.6. The van der Waals surface area contributed by atoms with E-state index < -0.39 is 0 Å². The van der Waals surface area contributed by atoms with Gasteiger partial charge in [0.05, 0.1) is 13.2 Å². The molecule has 2 N–H and O–H groups in total. The van der Waals surface area contributed by atoms with Gasteiger partial charge in [-0.25, -0.2) is 0 Å². The molecule has 2 rings (SSSR count). The summed E-state index contributed by atoms with van der Waals surface area (Å²) in [6.07, 6.45) is 2.09. The standard InChI is InChI=1S/C20H24N2O3S/c1-3-5-12-25-18-11-7-9-16(14-18)21-20(26)22-19(23)15-8-6-10-17(13-15)24-4-2/h6-11,13-14H,3-5,12H2,1-2H3,(H2,21,22,23,26). The summed E-state index contributed by atoms with van der Waals surface area (Å²) in [4.78, 5) is 12.3. The minimum atomic E-state index is -0.292. The Morgan fingerprint density at radius 3 is 2.50 bits per heavy atom. The maximum Gasteiger partial charge on any atom is 0.257 e. The lowest BCUT2D eigenvalue weighted by Crippen LogP contribution is -2.34. The summed E-state index contributed by atoms with van der Waals surface area (Å²) in [5.74, 6) is 1.12. The van der Waals surface area contributed by atoms with Gasteiger partial charge in [-0.1, -0.05) is 25.5 Å². The summed E-state index contributed by atoms with van der Waals surface area (Å²) in [7, 11) is 0. The van der Waals surface area contributed by atoms with Crippen LogP contribution in [-0.2, 0) is 0 Å². The van der Waals surface area contributed by atoms with Gasteiger partial charge in [0.1, 0.15) is 11.5 Å². The molecule has 0 bridgehead atoms. The lowest BCUT2D eigenvalue weighted by Gasteiger charge is -2.12. The number of carbonyl (C=O) groups is 1. The fraction of sp³-hybridized carbons (Fsp3) is 0.300. The Morgan fingerprint density at radius 1 is 1.04 bits per heavy atom. The van der Waals surface area contributed by atoms with Crippen molar-refractivity contribution in [3.63, 3.8) is 0 Å². The molecule has 0 unspecified atom stereocenters. The SMILES string of the molecule is CCCCOc1cccc(NC(=S)NC(=O)c2cccc(OCC)c2)c1. The predicted molar refractivity (Wildman–Crippen MR) is 108 cm³/mol. The summed E-state index contributed by atoms with van der Waals surface area (Å²) in [5.41, 5.74) is 1.24. The van der Waals surface area contributed by atoms with Crippen molar-refractivity contribution in [2.45, 2.75) is 26.7 Å². The van der Waals surface area contributed by atoms with E-state index in [1.807, 2.05) is 31.2 Å². The monoisotopic (exact) mass is 372 g/mol. The van der Waals surface area contributed by atoms with Crippen LogP contribution in [0, 0.1) is 0 Å². The van der Waals surface area contributed by atoms with Crippen molar-refractivity contribution in [2.24, 2.45) is 0 Å². The Balaban J connectivity index is 1.92. The second-order valence-corrected chi connectivity index (χ2v) is 6.01. The normalized spacial score (nSPS) is 10.1. The maximum atomic E-state index is 12.3. The zero-order valence-corrected chi connectivity index (χ0v) is 15.9. The Bertz CT molecular complexity index is 749. The average molecular weight is 372 g/mol. The number of unbranched alkanes of at least 4 members (excludes halogenated alkanes) is 1. The molecule has 1 amide bonds. The molecule has 0 saturated heterocycles. The van der Waals surface area contributed by atoms with Crippen molar-refractivity contribution in [3.8, 4) is 11.5 Å². The number of benzene rings is 2. The highest BCUT2D eigenvalue weighted by molar-refractivity contribution is 7.80. The summed E-state index contributed by atoms with van der Waals surface area (Å²) in [6, 6.07) is 14.5. The second-order valence-electron chi connectivity index (χ2n) is 5.60. The van der Waals surface area contributed by atoms with Gasteiger partial charge in [0.15, 0.2) is 5.11 Å². The molecule has 0 saturated carbocycles. The molecule has 26 heavy (non-hydrogen) atoms. The van der Waals surface area contributed by atoms with Crippen LogP contribution < -0.4 is 20.1 Å². The van der Waals surface area contributed by atoms with E-state index in [1.54, 1.807) is 24.3 Å². The third kappa shape index (κ3) is 6.37. The molecule has 0 fully saturated rings. The molecule has 0 aromatic heterocycles. The zero-order valence-electron chi connectivity index (χ0n) is 15.1. The quantitative estimate of drug-likeness (QED) is 0.532. The van der Waals surface area contributed by atoms with E-state index >= 15 is 0 Å². The van der Waals surface area contributed by atoms with Crippen LogP contribution in [0.2, 0.25) is 0 Å². The van der Waals surface area contributed by atoms with Crippen molar-refractivity contribution in [2.75, 3.05) is 18.5 Å². The highest BCUT2D eigenvalue weighted by atomic mass is 32.1. The number of rotatable bonds is 8. The Labute approximate surface area is 159 Å². The third-order valence-corrected chi connectivity index (χ3v) is 3.70. The molecule has 0 atom stereocenters. The van der Waals surface area contributed by atoms with Crippen molar-refractivity contribution in [1.29, 1.82) is 0 Å². The summed E-state index contributed by atoms with van der Waals surface area (Å²) >= 11 is 5.23. The minimum Gasteiger partial charge on any atom is -0.494 e. The van der Waals surface area contributed by atoms with Crippen LogP contribution in [0.1, 0.15) is 37.0 Å². The van der Waals surface area contributed by atoms with E-state index in [-0.39, 0.29) is 11.0 Å². The lowest BCUT2D eigenvalue weighted by atomic mass is 10.2. The molecular weight excluding hydrogens is 348 g/mol. The fourth-order valence-corrected chi connectivity index (χ4v) is 2.44. The fourth-order valence-electron chi connectivity index (χ4n) is 2.23. The van der Waals surface area contributed by atoms with Crippen LogP contribution in [0.3, 0.4) is 0 Å². The molecule has 0 aliphatic heterocycles. The van der Waals surface area contributed by atoms with Crippen molar-refractivity contribution < 1.29 is 14.3 Å². The number of ether oxygens (including phenoxy) is 2. The van der Waals surface area contributed by atoms with E-state index in [2.05, 4.69) is 17.6 Å². The van der Waals surface area contributed by atoms with Gasteiger partial charge in [-0.2, -0.15) is 0 Å². The predicted octanol–water partition coefficient (Wildman–Crippen LogP) is 4.39. The number of thiocarbonyl (C=S) groups is 1. The molecule has 2 aromatic rings. The van der Waals surface area contributed by atoms with Gasteiger partial charge in [0, 0.05) is 17.3 Å². The van der Waals surface area contributed by atoms with E-state index in [0.717, 1.165) is 24.3 Å². The Morgan fingerprint density at radius 2 is 1.77 bits per heavy atom. The van der Waals surface area contributed by atoms with Gasteiger partial charge in [-0.3, -0.25) is 10.1 Å². The van der Waals surface area contributed by atoms with Crippen molar-refractivity contribution >= 4 is 28.9 Å². The number of nitrogens with one attached hydrogen (secondary N) is 2. The minimum absolute atomic E-state index is 0.225. The van der Waals surface area contributed by atoms with Crippen LogP contribution in [0.15, 0.2) is 48.5 Å². The summed E-state index contributed by atoms with van der Waals surface area (Å²) in [6.45, 7) is 5.23. The van der Waals surface area contributed by atoms with Crippen LogP contribution >= 0.6 is 12.2 Å². The van der Waals surface area contributed by atoms with Crippen molar-refractivity contribution in [3.05, 3.63) is 54.1 Å². The summed E-state index contributed by atoms with van der Waals surface area (Å²) in [5, 5.41) is 5.90. The zero-order chi connectivity index (χ0) is 18.8. The van der Waals surface area contributed by atoms with Gasteiger partial charge in [0.2, 0.25) is 0 Å². The van der Waals surface area contributed by atoms with Crippen molar-refractivity contribution in [1.82, 2.24) is 5.32 Å². The first-order valence-electron chi connectivity index (χ1n) is 8.70. The molecule has 0 radical (unpaired) electrons. The molecule has 2 aromatic carbocycles. The highest BCUT2D eigenvalue weighted by Gasteiger charge is 2.09. The van der Waals surface area contributed by atoms with Gasteiger partial charge >= 0.3 is 0 Å². The molecule has 0 heterocycles. The topological polar surface area (TPSA) is 59.6 Å². The number of anilines is 1. The molecular formula is C20H24N2O3S. The van der Waals surface area contributed by atoms with Gasteiger partial charge in [-0.15, -0.1) is 0 Å². The highest BCUT2D eigenvalue weighted by Crippen LogP contribution is 2.18. The van der Waals surface area contributed by atoms with E-state index in [1.165, 1.54) is 0 Å². The first kappa shape index (κ1) is 19.7. The largest absolute Gasteiger partial charge is 0.494 e. The van der Waals surface area contributed by atoms with Gasteiger partial charge < -0.3 is 14.8 Å². The smallest absolute Gasteiger partial charge is 0.257 e. The number of hydrogen-bond donors (Lipinski definition) is 2. The number of hydrogen-bond acceptors (Lipinski definition) is 4. The number of amides is 1. The third-order valence-electron chi connectivity index (χ3n) is 3.49. The summed E-state index contributed by atoms with van der Waals surface area (Å²) < 4.78 is 11.1. The van der Waals surface area contributed by atoms with Crippen LogP contribution in [0.4, 0.5) is 5.69 Å². The molecule has 6 heteroatoms. The second kappa shape index (κ2) is 10.4. The van der Waals surface area contributed by atoms with E-state index in [9.17, 15) is 4.79 Å². The lowest BCUT2D eigenvalue weighted by molar-refractivity contribution is 0.0977. The molecule has 138 valence electrons. The van der Waals surface area contributed by atoms with Crippen LogP contribution in [-0.4, -0.2) is 24.2 Å². The molecule has 5 nitrogen and oxygen atoms in total. The molecule has 0 aliphatic carbocycles. The maximum absolute atomic E-state index is 12.3. The van der Waals surface area contributed by atoms with Crippen LogP contribution in [0.25, 0.3) is 0 Å². The Kier molecular flexibility index (Phi) is 7.89.